The molecule has 6 heteroatoms. The first-order valence-corrected chi connectivity index (χ1v) is 6.10. The summed E-state index contributed by atoms with van der Waals surface area (Å²) < 4.78 is 2.93. The van der Waals surface area contributed by atoms with Crippen molar-refractivity contribution in [3.05, 3.63) is 67.3 Å². The molecule has 0 atom stereocenters. The van der Waals surface area contributed by atoms with Crippen molar-refractivity contribution in [1.82, 2.24) is 14.1 Å². The predicted molar refractivity (Wildman–Crippen MR) is 71.4 cm³/mol. The van der Waals surface area contributed by atoms with E-state index < -0.39 is 5.69 Å². The normalized spacial score (nSPS) is 10.6. The highest BCUT2D eigenvalue weighted by Gasteiger charge is 2.03. The van der Waals surface area contributed by atoms with Gasteiger partial charge in [-0.1, -0.05) is 13.0 Å². The van der Waals surface area contributed by atoms with Gasteiger partial charge in [-0.3, -0.25) is 19.1 Å². The van der Waals surface area contributed by atoms with Crippen LogP contribution < -0.4 is 16.8 Å². The molecule has 0 unspecified atom stereocenters. The van der Waals surface area contributed by atoms with Crippen molar-refractivity contribution in [1.29, 1.82) is 0 Å². The Morgan fingerprint density at radius 1 is 1.11 bits per heavy atom. The molecule has 6 nitrogen and oxygen atoms in total. The smallest absolute Gasteiger partial charge is 0.314 e. The fourth-order valence-electron chi connectivity index (χ4n) is 1.83. The van der Waals surface area contributed by atoms with Gasteiger partial charge in [0.2, 0.25) is 0 Å². The molecule has 0 bridgehead atoms. The molecule has 0 aliphatic carbocycles. The number of nitrogens with one attached hydrogen (secondary N) is 1. The van der Waals surface area contributed by atoms with Gasteiger partial charge in [-0.2, -0.15) is 0 Å². The SMILES string of the molecule is CCc1cn(CCn2ccccc2=O)c(=O)[nH]c1=O. The first kappa shape index (κ1) is 13.1. The van der Waals surface area contributed by atoms with Crippen molar-refractivity contribution in [3.63, 3.8) is 0 Å². The predicted octanol–water partition coefficient (Wildman–Crippen LogP) is -0.0391. The summed E-state index contributed by atoms with van der Waals surface area (Å²) in [5, 5.41) is 0. The van der Waals surface area contributed by atoms with E-state index in [1.807, 2.05) is 6.92 Å². The number of pyridine rings is 1. The summed E-state index contributed by atoms with van der Waals surface area (Å²) in [5.74, 6) is 0. The molecule has 0 saturated heterocycles. The summed E-state index contributed by atoms with van der Waals surface area (Å²) in [7, 11) is 0. The Morgan fingerprint density at radius 2 is 1.84 bits per heavy atom. The molecule has 0 spiro atoms. The van der Waals surface area contributed by atoms with Gasteiger partial charge in [-0.25, -0.2) is 4.79 Å². The molecular weight excluding hydrogens is 246 g/mol. The third kappa shape index (κ3) is 2.90. The van der Waals surface area contributed by atoms with Crippen LogP contribution in [0.15, 0.2) is 45.0 Å². The summed E-state index contributed by atoms with van der Waals surface area (Å²) in [4.78, 5) is 36.9. The van der Waals surface area contributed by atoms with E-state index in [1.54, 1.807) is 24.5 Å². The second kappa shape index (κ2) is 5.51. The number of H-pyrrole nitrogens is 1. The molecule has 0 aliphatic rings. The zero-order chi connectivity index (χ0) is 13.8. The molecule has 0 radical (unpaired) electrons. The van der Waals surface area contributed by atoms with Gasteiger partial charge in [-0.15, -0.1) is 0 Å². The van der Waals surface area contributed by atoms with Crippen LogP contribution in [0, 0.1) is 0 Å². The average Bonchev–Trinajstić information content (AvgIpc) is 2.39. The second-order valence-electron chi connectivity index (χ2n) is 4.19. The van der Waals surface area contributed by atoms with Gasteiger partial charge >= 0.3 is 5.69 Å². The summed E-state index contributed by atoms with van der Waals surface area (Å²) in [6, 6.07) is 4.89. The summed E-state index contributed by atoms with van der Waals surface area (Å²) in [5.41, 5.74) is -0.359. The van der Waals surface area contributed by atoms with Crippen molar-refractivity contribution in [2.75, 3.05) is 0 Å². The van der Waals surface area contributed by atoms with Gasteiger partial charge in [0.1, 0.15) is 0 Å². The Bertz CT molecular complexity index is 740. The first-order valence-electron chi connectivity index (χ1n) is 6.10. The maximum absolute atomic E-state index is 11.6. The number of aromatic nitrogens is 3. The minimum Gasteiger partial charge on any atom is -0.314 e. The summed E-state index contributed by atoms with van der Waals surface area (Å²) in [6.07, 6.45) is 3.77. The fraction of sp³-hybridized carbons (Fsp3) is 0.308. The molecule has 0 aromatic carbocycles. The van der Waals surface area contributed by atoms with Gasteiger partial charge in [0, 0.05) is 37.1 Å². The molecule has 0 aliphatic heterocycles. The van der Waals surface area contributed by atoms with Crippen LogP contribution in [0.5, 0.6) is 0 Å². The quantitative estimate of drug-likeness (QED) is 0.839. The zero-order valence-electron chi connectivity index (χ0n) is 10.6. The lowest BCUT2D eigenvalue weighted by molar-refractivity contribution is 0.540. The van der Waals surface area contributed by atoms with Crippen LogP contribution in [0.1, 0.15) is 12.5 Å². The minimum absolute atomic E-state index is 0.115. The van der Waals surface area contributed by atoms with Gasteiger partial charge in [-0.05, 0) is 12.5 Å². The maximum atomic E-state index is 11.6. The van der Waals surface area contributed by atoms with E-state index in [4.69, 9.17) is 0 Å². The number of aryl methyl sites for hydroxylation is 3. The first-order chi connectivity index (χ1) is 9.11. The fourth-order valence-corrected chi connectivity index (χ4v) is 1.83. The van der Waals surface area contributed by atoms with E-state index in [9.17, 15) is 14.4 Å². The zero-order valence-corrected chi connectivity index (χ0v) is 10.6. The Balaban J connectivity index is 2.25. The van der Waals surface area contributed by atoms with Gasteiger partial charge in [0.15, 0.2) is 0 Å². The number of hydrogen-bond acceptors (Lipinski definition) is 3. The van der Waals surface area contributed by atoms with Gasteiger partial charge in [0.25, 0.3) is 11.1 Å². The van der Waals surface area contributed by atoms with Gasteiger partial charge < -0.3 is 4.57 Å². The molecule has 19 heavy (non-hydrogen) atoms. The van der Waals surface area contributed by atoms with E-state index in [-0.39, 0.29) is 11.1 Å². The molecule has 0 fully saturated rings. The van der Waals surface area contributed by atoms with Crippen LogP contribution in [0.4, 0.5) is 0 Å². The molecule has 1 N–H and O–H groups in total. The van der Waals surface area contributed by atoms with Crippen LogP contribution in [0.25, 0.3) is 0 Å². The molecule has 0 saturated carbocycles. The molecule has 2 aromatic heterocycles. The maximum Gasteiger partial charge on any atom is 0.328 e. The van der Waals surface area contributed by atoms with Crippen LogP contribution >= 0.6 is 0 Å². The van der Waals surface area contributed by atoms with Crippen molar-refractivity contribution in [2.45, 2.75) is 26.4 Å². The van der Waals surface area contributed by atoms with Crippen LogP contribution in [-0.2, 0) is 19.5 Å². The molecule has 100 valence electrons. The largest absolute Gasteiger partial charge is 0.328 e. The molecule has 0 amide bonds. The number of aromatic amines is 1. The lowest BCUT2D eigenvalue weighted by Gasteiger charge is -2.08. The average molecular weight is 261 g/mol. The molecular formula is C13H15N3O3. The lowest BCUT2D eigenvalue weighted by Crippen LogP contribution is -2.33. The Labute approximate surface area is 109 Å². The monoisotopic (exact) mass is 261 g/mol. The van der Waals surface area contributed by atoms with E-state index in [1.165, 1.54) is 15.2 Å². The highest BCUT2D eigenvalue weighted by Crippen LogP contribution is 1.91. The highest BCUT2D eigenvalue weighted by atomic mass is 16.2. The summed E-state index contributed by atoms with van der Waals surface area (Å²) in [6.45, 7) is 2.57. The van der Waals surface area contributed by atoms with Crippen LogP contribution in [0.2, 0.25) is 0 Å². The van der Waals surface area contributed by atoms with E-state index in [0.717, 1.165) is 0 Å². The standard InChI is InChI=1S/C13H15N3O3/c1-2-10-9-16(13(19)14-12(10)18)8-7-15-6-4-3-5-11(15)17/h3-6,9H,2,7-8H2,1H3,(H,14,18,19). The molecule has 2 heterocycles. The van der Waals surface area contributed by atoms with Crippen LogP contribution in [0.3, 0.4) is 0 Å². The Kier molecular flexibility index (Phi) is 3.79. The number of nitrogens with zero attached hydrogens (tertiary/aromatic N) is 2. The Morgan fingerprint density at radius 3 is 2.53 bits per heavy atom. The highest BCUT2D eigenvalue weighted by molar-refractivity contribution is 5.03. The summed E-state index contributed by atoms with van der Waals surface area (Å²) >= 11 is 0. The third-order valence-electron chi connectivity index (χ3n) is 2.95. The van der Waals surface area contributed by atoms with Crippen LogP contribution in [-0.4, -0.2) is 14.1 Å². The van der Waals surface area contributed by atoms with E-state index in [2.05, 4.69) is 4.98 Å². The molecule has 2 rings (SSSR count). The number of rotatable bonds is 4. The second-order valence-corrected chi connectivity index (χ2v) is 4.19. The van der Waals surface area contributed by atoms with Crippen molar-refractivity contribution in [3.8, 4) is 0 Å². The van der Waals surface area contributed by atoms with E-state index in [0.29, 0.717) is 25.1 Å². The Hall–Kier alpha value is -2.37. The van der Waals surface area contributed by atoms with E-state index >= 15 is 0 Å². The molecule has 2 aromatic rings. The van der Waals surface area contributed by atoms with Gasteiger partial charge in [0.05, 0.1) is 0 Å². The van der Waals surface area contributed by atoms with Crippen molar-refractivity contribution < 1.29 is 0 Å². The van der Waals surface area contributed by atoms with Crippen molar-refractivity contribution >= 4 is 0 Å². The lowest BCUT2D eigenvalue weighted by atomic mass is 10.2. The minimum atomic E-state index is -0.453. The third-order valence-corrected chi connectivity index (χ3v) is 2.95. The number of hydrogen-bond donors (Lipinski definition) is 1. The topological polar surface area (TPSA) is 76.9 Å². The van der Waals surface area contributed by atoms with Crippen molar-refractivity contribution in [2.24, 2.45) is 0 Å².